The molecule has 4 aromatic rings. The van der Waals surface area contributed by atoms with Crippen LogP contribution >= 0.6 is 0 Å². The molecule has 0 saturated carbocycles. The molecule has 0 heterocycles. The van der Waals surface area contributed by atoms with Gasteiger partial charge in [0.2, 0.25) is 0 Å². The third-order valence-electron chi connectivity index (χ3n) is 9.73. The van der Waals surface area contributed by atoms with Crippen molar-refractivity contribution in [3.8, 4) is 0 Å². The zero-order valence-electron chi connectivity index (χ0n) is 33.0. The molecule has 4 aromatic carbocycles. The second-order valence-corrected chi connectivity index (χ2v) is 13.9. The predicted molar refractivity (Wildman–Crippen MR) is 247 cm³/mol. The van der Waals surface area contributed by atoms with Crippen molar-refractivity contribution in [3.05, 3.63) is 246 Å². The van der Waals surface area contributed by atoms with E-state index < -0.39 is 5.41 Å². The topological polar surface area (TPSA) is 60.2 Å². The molecule has 0 fully saturated rings. The van der Waals surface area contributed by atoms with Gasteiger partial charge in [-0.25, -0.2) is 0 Å². The quantitative estimate of drug-likeness (QED) is 0.0926. The molecule has 3 nitrogen and oxygen atoms in total. The number of rotatable bonds is 6. The van der Waals surface area contributed by atoms with Gasteiger partial charge in [-0.2, -0.15) is 0 Å². The molecule has 57 heavy (non-hydrogen) atoms. The van der Waals surface area contributed by atoms with Gasteiger partial charge in [-0.15, -0.1) is 6.58 Å². The first-order chi connectivity index (χ1) is 27.7. The second-order valence-electron chi connectivity index (χ2n) is 13.9. The van der Waals surface area contributed by atoms with Crippen LogP contribution < -0.4 is 5.73 Å². The van der Waals surface area contributed by atoms with Gasteiger partial charge in [0, 0.05) is 16.5 Å². The fourth-order valence-corrected chi connectivity index (χ4v) is 6.96. The normalized spacial score (nSPS) is 19.5. The summed E-state index contributed by atoms with van der Waals surface area (Å²) in [4.78, 5) is 27.2. The third kappa shape index (κ3) is 9.59. The van der Waals surface area contributed by atoms with Crippen molar-refractivity contribution in [2.45, 2.75) is 26.2 Å². The average molecular weight is 744 g/mol. The Balaban J connectivity index is 0.00000200. The van der Waals surface area contributed by atoms with Crippen molar-refractivity contribution >= 4 is 52.2 Å². The van der Waals surface area contributed by atoms with Gasteiger partial charge in [0.1, 0.15) is 0 Å². The smallest absolute Gasteiger partial charge is 0.197 e. The molecule has 6 rings (SSSR count). The van der Waals surface area contributed by atoms with Crippen LogP contribution in [0.3, 0.4) is 0 Å². The van der Waals surface area contributed by atoms with Gasteiger partial charge >= 0.3 is 0 Å². The summed E-state index contributed by atoms with van der Waals surface area (Å²) in [6, 6.07) is 24.3. The molecule has 2 aliphatic rings. The summed E-state index contributed by atoms with van der Waals surface area (Å²) in [5.41, 5.74) is 13.9. The van der Waals surface area contributed by atoms with Crippen molar-refractivity contribution in [2.24, 2.45) is 5.73 Å². The summed E-state index contributed by atoms with van der Waals surface area (Å²) in [6.45, 7) is 17.5. The highest BCUT2D eigenvalue weighted by atomic mass is 16.2. The Kier molecular flexibility index (Phi) is 14.0. The van der Waals surface area contributed by atoms with Crippen LogP contribution in [0.1, 0.15) is 74.9 Å². The van der Waals surface area contributed by atoms with Crippen molar-refractivity contribution in [3.63, 3.8) is 0 Å². The van der Waals surface area contributed by atoms with E-state index in [9.17, 15) is 9.59 Å². The minimum absolute atomic E-state index is 0.152. The molecule has 282 valence electrons. The van der Waals surface area contributed by atoms with Crippen LogP contribution in [0.2, 0.25) is 0 Å². The summed E-state index contributed by atoms with van der Waals surface area (Å²) in [6.07, 6.45) is 38.9. The highest BCUT2D eigenvalue weighted by Crippen LogP contribution is 2.41. The van der Waals surface area contributed by atoms with Crippen LogP contribution in [0.5, 0.6) is 0 Å². The van der Waals surface area contributed by atoms with Crippen molar-refractivity contribution in [2.75, 3.05) is 0 Å². The summed E-state index contributed by atoms with van der Waals surface area (Å²) < 4.78 is 0. The molecule has 2 aliphatic carbocycles. The van der Waals surface area contributed by atoms with Gasteiger partial charge in [-0.1, -0.05) is 179 Å². The highest BCUT2D eigenvalue weighted by molar-refractivity contribution is 6.41. The zero-order valence-corrected chi connectivity index (χ0v) is 33.0. The van der Waals surface area contributed by atoms with E-state index in [1.807, 2.05) is 67.7 Å². The van der Waals surface area contributed by atoms with Crippen LogP contribution in [-0.4, -0.2) is 11.6 Å². The molecule has 0 saturated heterocycles. The summed E-state index contributed by atoms with van der Waals surface area (Å²) in [5.74, 6) is -0.563. The molecule has 0 unspecified atom stereocenters. The van der Waals surface area contributed by atoms with E-state index in [2.05, 4.69) is 119 Å². The van der Waals surface area contributed by atoms with Crippen LogP contribution in [-0.2, 0) is 5.41 Å². The highest BCUT2D eigenvalue weighted by Gasteiger charge is 2.34. The molecule has 0 bridgehead atoms. The van der Waals surface area contributed by atoms with Gasteiger partial charge in [0.25, 0.3) is 0 Å². The maximum absolute atomic E-state index is 13.6. The monoisotopic (exact) mass is 743 g/mol. The molecule has 0 amide bonds. The number of allylic oxidation sites excluding steroid dienone is 18. The molecule has 0 radical (unpaired) electrons. The maximum Gasteiger partial charge on any atom is 0.197 e. The molecule has 0 aromatic heterocycles. The minimum Gasteiger partial charge on any atom is -0.405 e. The second kappa shape index (κ2) is 19.5. The lowest BCUT2D eigenvalue weighted by molar-refractivity contribution is 0.0990. The first-order valence-corrected chi connectivity index (χ1v) is 18.9. The van der Waals surface area contributed by atoms with Crippen LogP contribution in [0.15, 0.2) is 201 Å². The van der Waals surface area contributed by atoms with E-state index in [0.717, 1.165) is 55.3 Å². The fourth-order valence-electron chi connectivity index (χ4n) is 6.96. The fraction of sp³-hybridized carbons (Fsp3) is 0.0741. The van der Waals surface area contributed by atoms with Crippen molar-refractivity contribution in [1.82, 2.24) is 0 Å². The third-order valence-corrected chi connectivity index (χ3v) is 9.73. The molecule has 2 N–H and O–H groups in total. The number of benzene rings is 4. The number of carbonyl (C=O) groups excluding carboxylic acids is 2. The SMILES string of the molecule is C=CC.C=Cc1cc2c(cc1C=C)C(=O)C(=Cc1ccc3c4c(ccc3c1)\C=C(c1ccccc1)/C=C/C=C/C=C\C=C/C=C/C(=C\C=C/C=C/N)C4(C)C)C2=O. The van der Waals surface area contributed by atoms with E-state index in [-0.39, 0.29) is 17.1 Å². The standard InChI is InChI=1S/C51H43NO2.C3H6/c1-5-37-34-45-46(35-38(37)6-2)50(54)47(49(45)53)32-36-26-29-44-41(31-36)27-28-42-33-40(39-21-16-13-17-22-39)23-15-11-9-7-8-10-12-18-24-43(25-19-14-20-30-52)51(3,4)48(42)44;1-3-2/h5-35H,1-2,52H2,3-4H3;3H,1H2,2H3/b8-7-,11-9+,12-10-,19-14-,23-15+,24-18+,30-20+,40-33+,43-25+;. The van der Waals surface area contributed by atoms with E-state index in [0.29, 0.717) is 11.1 Å². The number of Topliss-reactive ketones (excluding diaryl/α,β-unsaturated/α-hetero) is 2. The van der Waals surface area contributed by atoms with E-state index in [1.165, 1.54) is 6.20 Å². The number of ketones is 2. The number of hydrogen-bond donors (Lipinski definition) is 1. The number of carbonyl (C=O) groups is 2. The minimum atomic E-state index is -0.491. The Morgan fingerprint density at radius 1 is 0.667 bits per heavy atom. The average Bonchev–Trinajstić information content (AvgIpc) is 3.44. The number of nitrogens with two attached hydrogens (primary N) is 1. The Hall–Kier alpha value is -7.10. The summed E-state index contributed by atoms with van der Waals surface area (Å²) >= 11 is 0. The Morgan fingerprint density at radius 3 is 1.86 bits per heavy atom. The Bertz CT molecular complexity index is 2470. The predicted octanol–water partition coefficient (Wildman–Crippen LogP) is 13.3. The number of fused-ring (bicyclic) bond motifs is 4. The van der Waals surface area contributed by atoms with E-state index in [1.54, 1.807) is 42.5 Å². The van der Waals surface area contributed by atoms with Gasteiger partial charge in [0.15, 0.2) is 11.6 Å². The molecule has 0 atom stereocenters. The Labute approximate surface area is 338 Å². The summed E-state index contributed by atoms with van der Waals surface area (Å²) in [5, 5.41) is 2.06. The van der Waals surface area contributed by atoms with Gasteiger partial charge in [-0.3, -0.25) is 9.59 Å². The van der Waals surface area contributed by atoms with Crippen molar-refractivity contribution in [1.29, 1.82) is 0 Å². The first-order valence-electron chi connectivity index (χ1n) is 18.9. The van der Waals surface area contributed by atoms with Crippen LogP contribution in [0, 0.1) is 0 Å². The van der Waals surface area contributed by atoms with Gasteiger partial charge in [0.05, 0.1) is 5.57 Å². The summed E-state index contributed by atoms with van der Waals surface area (Å²) in [7, 11) is 0. The van der Waals surface area contributed by atoms with E-state index in [4.69, 9.17) is 5.73 Å². The molecular formula is C54H49NO2. The number of hydrogen-bond acceptors (Lipinski definition) is 3. The van der Waals surface area contributed by atoms with E-state index >= 15 is 0 Å². The lowest BCUT2D eigenvalue weighted by Crippen LogP contribution is -2.21. The van der Waals surface area contributed by atoms with Crippen LogP contribution in [0.4, 0.5) is 0 Å². The van der Waals surface area contributed by atoms with Gasteiger partial charge < -0.3 is 5.73 Å². The lowest BCUT2D eigenvalue weighted by atomic mass is 9.72. The first kappa shape index (κ1) is 41.1. The zero-order chi connectivity index (χ0) is 40.8. The molecule has 0 spiro atoms. The largest absolute Gasteiger partial charge is 0.405 e. The molecular weight excluding hydrogens is 695 g/mol. The van der Waals surface area contributed by atoms with Gasteiger partial charge in [-0.05, 0) is 105 Å². The molecule has 3 heteroatoms. The maximum atomic E-state index is 13.6. The molecule has 0 aliphatic heterocycles. The van der Waals surface area contributed by atoms with Crippen molar-refractivity contribution < 1.29 is 9.59 Å². The van der Waals surface area contributed by atoms with Crippen LogP contribution in [0.25, 0.3) is 40.6 Å². The lowest BCUT2D eigenvalue weighted by Gasteiger charge is -2.31. The Morgan fingerprint density at radius 2 is 1.26 bits per heavy atom.